The van der Waals surface area contributed by atoms with Crippen LogP contribution in [0.2, 0.25) is 0 Å². The Kier molecular flexibility index (Phi) is 2.31. The fraction of sp³-hybridized carbons (Fsp3) is 0. The molecule has 0 N–H and O–H groups in total. The fourth-order valence-corrected chi connectivity index (χ4v) is 6.06. The molecule has 0 spiro atoms. The molecule has 0 atom stereocenters. The van der Waals surface area contributed by atoms with Crippen LogP contribution in [0.4, 0.5) is 0 Å². The molecule has 146 valence electrons. The Morgan fingerprint density at radius 3 is 0.969 bits per heavy atom. The van der Waals surface area contributed by atoms with E-state index >= 15 is 0 Å². The number of nitrogens with zero attached hydrogens (tertiary/aromatic N) is 6. The minimum atomic E-state index is 1.11. The smallest absolute Gasteiger partial charge is 0.0725 e. The molecular formula is C26H12N6. The van der Waals surface area contributed by atoms with Crippen LogP contribution in [0.3, 0.4) is 0 Å². The van der Waals surface area contributed by atoms with Gasteiger partial charge in [-0.2, -0.15) is 0 Å². The summed E-state index contributed by atoms with van der Waals surface area (Å²) in [5, 5.41) is 9.91. The van der Waals surface area contributed by atoms with Crippen molar-refractivity contribution in [3.63, 3.8) is 0 Å². The summed E-state index contributed by atoms with van der Waals surface area (Å²) in [6.45, 7) is 0. The van der Waals surface area contributed by atoms with Crippen LogP contribution in [0.1, 0.15) is 0 Å². The van der Waals surface area contributed by atoms with E-state index in [9.17, 15) is 0 Å². The van der Waals surface area contributed by atoms with Crippen LogP contribution < -0.4 is 0 Å². The van der Waals surface area contributed by atoms with Crippen molar-refractivity contribution in [3.8, 4) is 0 Å². The minimum absolute atomic E-state index is 1.11. The summed E-state index contributed by atoms with van der Waals surface area (Å²) < 4.78 is 4.68. The first kappa shape index (κ1) is 15.3. The van der Waals surface area contributed by atoms with Crippen molar-refractivity contribution in [2.75, 3.05) is 0 Å². The quantitative estimate of drug-likeness (QED) is 0.329. The molecule has 0 aliphatic rings. The normalized spacial score (nSPS) is 13.0. The van der Waals surface area contributed by atoms with Gasteiger partial charge in [0.15, 0.2) is 0 Å². The first-order chi connectivity index (χ1) is 15.9. The Hall–Kier alpha value is -4.58. The highest BCUT2D eigenvalue weighted by molar-refractivity contribution is 6.44. The van der Waals surface area contributed by atoms with Gasteiger partial charge in [0, 0.05) is 67.9 Å². The van der Waals surface area contributed by atoms with Gasteiger partial charge in [-0.3, -0.25) is 19.9 Å². The van der Waals surface area contributed by atoms with Crippen LogP contribution in [-0.2, 0) is 0 Å². The Labute approximate surface area is 179 Å². The standard InChI is InChI=1S/C26H12N6/c1-5-27-9-17-13(1)21-22-14-2-6-29-11-19(14)32-20-12-30-8-4-16(20)24(26(22)32)23-15-3-7-28-10-18(15)31(17)25(21)23/h1-12H. The zero-order valence-electron chi connectivity index (χ0n) is 16.6. The molecule has 6 nitrogen and oxygen atoms in total. The van der Waals surface area contributed by atoms with E-state index < -0.39 is 0 Å². The van der Waals surface area contributed by atoms with Crippen LogP contribution in [0.25, 0.3) is 76.2 Å². The van der Waals surface area contributed by atoms with Gasteiger partial charge in [0.05, 0.1) is 57.9 Å². The van der Waals surface area contributed by atoms with Gasteiger partial charge in [0.25, 0.3) is 0 Å². The lowest BCUT2D eigenvalue weighted by Crippen LogP contribution is -1.81. The van der Waals surface area contributed by atoms with E-state index in [-0.39, 0.29) is 0 Å². The lowest BCUT2D eigenvalue weighted by Gasteiger charge is -2.02. The third-order valence-electron chi connectivity index (χ3n) is 7.14. The number of rotatable bonds is 0. The number of fused-ring (bicyclic) bond motifs is 14. The highest BCUT2D eigenvalue weighted by Gasteiger charge is 2.28. The number of hydrogen-bond acceptors (Lipinski definition) is 4. The predicted molar refractivity (Wildman–Crippen MR) is 127 cm³/mol. The van der Waals surface area contributed by atoms with Crippen molar-refractivity contribution in [2.24, 2.45) is 0 Å². The first-order valence-corrected chi connectivity index (χ1v) is 10.5. The second kappa shape index (κ2) is 4.84. The third kappa shape index (κ3) is 1.42. The van der Waals surface area contributed by atoms with Crippen molar-refractivity contribution in [3.05, 3.63) is 73.8 Å². The van der Waals surface area contributed by atoms with E-state index in [0.29, 0.717) is 0 Å². The summed E-state index contributed by atoms with van der Waals surface area (Å²) in [6, 6.07) is 8.54. The van der Waals surface area contributed by atoms with Crippen molar-refractivity contribution >= 4 is 76.2 Å². The molecule has 8 heterocycles. The largest absolute Gasteiger partial charge is 0.305 e. The molecule has 0 fully saturated rings. The molecule has 8 aromatic heterocycles. The Morgan fingerprint density at radius 1 is 0.406 bits per heavy atom. The van der Waals surface area contributed by atoms with Gasteiger partial charge in [0.1, 0.15) is 0 Å². The van der Waals surface area contributed by atoms with Gasteiger partial charge in [-0.15, -0.1) is 0 Å². The van der Waals surface area contributed by atoms with Crippen LogP contribution >= 0.6 is 0 Å². The van der Waals surface area contributed by atoms with E-state index in [0.717, 1.165) is 22.1 Å². The zero-order valence-corrected chi connectivity index (χ0v) is 16.6. The maximum absolute atomic E-state index is 4.47. The number of aromatic nitrogens is 6. The van der Waals surface area contributed by atoms with Crippen LogP contribution in [0.5, 0.6) is 0 Å². The molecule has 0 saturated heterocycles. The van der Waals surface area contributed by atoms with E-state index in [2.05, 4.69) is 53.0 Å². The van der Waals surface area contributed by atoms with Gasteiger partial charge in [-0.05, 0) is 24.3 Å². The Balaban J connectivity index is 1.85. The van der Waals surface area contributed by atoms with Crippen molar-refractivity contribution in [1.29, 1.82) is 0 Å². The zero-order chi connectivity index (χ0) is 20.6. The maximum atomic E-state index is 4.47. The number of pyridine rings is 4. The van der Waals surface area contributed by atoms with Gasteiger partial charge in [0.2, 0.25) is 0 Å². The summed E-state index contributed by atoms with van der Waals surface area (Å²) in [5.41, 5.74) is 6.91. The fourth-order valence-electron chi connectivity index (χ4n) is 6.06. The van der Waals surface area contributed by atoms with E-state index in [1.807, 2.05) is 49.6 Å². The molecule has 0 radical (unpaired) electrons. The molecule has 32 heavy (non-hydrogen) atoms. The highest BCUT2D eigenvalue weighted by Crippen LogP contribution is 2.50. The monoisotopic (exact) mass is 408 g/mol. The highest BCUT2D eigenvalue weighted by atomic mass is 15.0. The van der Waals surface area contributed by atoms with Crippen molar-refractivity contribution in [2.45, 2.75) is 0 Å². The third-order valence-corrected chi connectivity index (χ3v) is 7.14. The predicted octanol–water partition coefficient (Wildman–Crippen LogP) is 5.57. The second-order valence-electron chi connectivity index (χ2n) is 8.44. The summed E-state index contributed by atoms with van der Waals surface area (Å²) in [6.07, 6.45) is 15.4. The summed E-state index contributed by atoms with van der Waals surface area (Å²) in [5.74, 6) is 0. The van der Waals surface area contributed by atoms with E-state index in [1.165, 1.54) is 54.1 Å². The number of benzene rings is 1. The molecule has 1 aromatic carbocycles. The molecule has 0 unspecified atom stereocenters. The summed E-state index contributed by atoms with van der Waals surface area (Å²) >= 11 is 0. The van der Waals surface area contributed by atoms with Gasteiger partial charge < -0.3 is 8.80 Å². The Bertz CT molecular complexity index is 1890. The molecule has 0 saturated carbocycles. The van der Waals surface area contributed by atoms with E-state index in [4.69, 9.17) is 0 Å². The van der Waals surface area contributed by atoms with Crippen LogP contribution in [0.15, 0.2) is 73.8 Å². The van der Waals surface area contributed by atoms with Gasteiger partial charge >= 0.3 is 0 Å². The van der Waals surface area contributed by atoms with Crippen LogP contribution in [0, 0.1) is 0 Å². The molecule has 9 aromatic rings. The lowest BCUT2D eigenvalue weighted by molar-refractivity contribution is 1.27. The van der Waals surface area contributed by atoms with Crippen molar-refractivity contribution in [1.82, 2.24) is 28.7 Å². The molecule has 0 aliphatic carbocycles. The Morgan fingerprint density at radius 2 is 0.688 bits per heavy atom. The first-order valence-electron chi connectivity index (χ1n) is 10.5. The van der Waals surface area contributed by atoms with E-state index in [1.54, 1.807) is 0 Å². The molecule has 0 amide bonds. The lowest BCUT2D eigenvalue weighted by atomic mass is 9.99. The summed E-state index contributed by atoms with van der Waals surface area (Å²) in [7, 11) is 0. The molecule has 9 rings (SSSR count). The maximum Gasteiger partial charge on any atom is 0.0725 e. The second-order valence-corrected chi connectivity index (χ2v) is 8.44. The molecule has 6 heteroatoms. The SMILES string of the molecule is c1cc2c3c4c5ccncc5n5c6cnccc6c(c6c7ccncc7n(c2cn1)c36)c45. The average Bonchev–Trinajstić information content (AvgIpc) is 3.56. The average molecular weight is 408 g/mol. The van der Waals surface area contributed by atoms with Crippen molar-refractivity contribution < 1.29 is 0 Å². The summed E-state index contributed by atoms with van der Waals surface area (Å²) in [4.78, 5) is 17.9. The number of hydrogen-bond donors (Lipinski definition) is 0. The van der Waals surface area contributed by atoms with Gasteiger partial charge in [-0.25, -0.2) is 0 Å². The van der Waals surface area contributed by atoms with Crippen LogP contribution in [-0.4, -0.2) is 28.7 Å². The minimum Gasteiger partial charge on any atom is -0.305 e. The molecule has 0 bridgehead atoms. The van der Waals surface area contributed by atoms with Gasteiger partial charge in [-0.1, -0.05) is 0 Å². The topological polar surface area (TPSA) is 60.4 Å². The molecular weight excluding hydrogens is 396 g/mol. The molecule has 0 aliphatic heterocycles.